The Morgan fingerprint density at radius 1 is 1.24 bits per heavy atom. The third kappa shape index (κ3) is 3.83. The Balaban J connectivity index is 2.86. The number of rotatable bonds is 5. The molecule has 0 aliphatic heterocycles. The van der Waals surface area contributed by atoms with Gasteiger partial charge in [0.1, 0.15) is 5.75 Å². The van der Waals surface area contributed by atoms with E-state index in [9.17, 15) is 4.79 Å². The molecule has 0 atom stereocenters. The van der Waals surface area contributed by atoms with Gasteiger partial charge in [0.25, 0.3) is 0 Å². The SMILES string of the molecule is CCOC(=O)C(=Cc1ccc(OC)cc1)OC. The molecule has 0 heterocycles. The Hall–Kier alpha value is -1.97. The average Bonchev–Trinajstić information content (AvgIpc) is 2.37. The lowest BCUT2D eigenvalue weighted by molar-refractivity contribution is -0.141. The molecule has 0 amide bonds. The summed E-state index contributed by atoms with van der Waals surface area (Å²) >= 11 is 0. The van der Waals surface area contributed by atoms with Crippen LogP contribution in [0.1, 0.15) is 12.5 Å². The molecule has 0 unspecified atom stereocenters. The van der Waals surface area contributed by atoms with Crippen molar-refractivity contribution in [3.63, 3.8) is 0 Å². The second kappa shape index (κ2) is 6.58. The zero-order valence-electron chi connectivity index (χ0n) is 10.2. The fourth-order valence-electron chi connectivity index (χ4n) is 1.25. The van der Waals surface area contributed by atoms with Crippen LogP contribution in [0.25, 0.3) is 6.08 Å². The number of hydrogen-bond donors (Lipinski definition) is 0. The van der Waals surface area contributed by atoms with Crippen molar-refractivity contribution in [1.29, 1.82) is 0 Å². The zero-order chi connectivity index (χ0) is 12.7. The van der Waals surface area contributed by atoms with Gasteiger partial charge in [0.2, 0.25) is 5.76 Å². The van der Waals surface area contributed by atoms with Crippen LogP contribution in [0.2, 0.25) is 0 Å². The summed E-state index contributed by atoms with van der Waals surface area (Å²) in [6, 6.07) is 7.28. The van der Waals surface area contributed by atoms with Gasteiger partial charge in [-0.25, -0.2) is 4.79 Å². The zero-order valence-corrected chi connectivity index (χ0v) is 10.2. The van der Waals surface area contributed by atoms with E-state index in [2.05, 4.69) is 0 Å². The van der Waals surface area contributed by atoms with E-state index in [1.54, 1.807) is 20.1 Å². The molecule has 0 aromatic heterocycles. The molecule has 4 heteroatoms. The molecule has 4 nitrogen and oxygen atoms in total. The summed E-state index contributed by atoms with van der Waals surface area (Å²) in [5.41, 5.74) is 0.843. The van der Waals surface area contributed by atoms with Gasteiger partial charge in [-0.3, -0.25) is 0 Å². The summed E-state index contributed by atoms with van der Waals surface area (Å²) in [6.45, 7) is 2.07. The molecule has 0 saturated heterocycles. The van der Waals surface area contributed by atoms with E-state index in [0.717, 1.165) is 11.3 Å². The molecule has 17 heavy (non-hydrogen) atoms. The summed E-state index contributed by atoms with van der Waals surface area (Å²) in [5.74, 6) is 0.472. The van der Waals surface area contributed by atoms with Crippen molar-refractivity contribution in [1.82, 2.24) is 0 Å². The normalized spacial score (nSPS) is 10.9. The molecular formula is C13H16O4. The van der Waals surface area contributed by atoms with Gasteiger partial charge in [0, 0.05) is 0 Å². The van der Waals surface area contributed by atoms with E-state index in [4.69, 9.17) is 14.2 Å². The highest BCUT2D eigenvalue weighted by atomic mass is 16.6. The number of carbonyl (C=O) groups is 1. The van der Waals surface area contributed by atoms with Crippen LogP contribution in [-0.2, 0) is 14.3 Å². The first-order chi connectivity index (χ1) is 8.21. The number of carbonyl (C=O) groups excluding carboxylic acids is 1. The van der Waals surface area contributed by atoms with Crippen molar-refractivity contribution in [2.24, 2.45) is 0 Å². The molecule has 0 bridgehead atoms. The van der Waals surface area contributed by atoms with Gasteiger partial charge in [-0.2, -0.15) is 0 Å². The van der Waals surface area contributed by atoms with E-state index in [1.165, 1.54) is 7.11 Å². The molecule has 1 aromatic rings. The van der Waals surface area contributed by atoms with Gasteiger partial charge in [-0.15, -0.1) is 0 Å². The fourth-order valence-corrected chi connectivity index (χ4v) is 1.25. The van der Waals surface area contributed by atoms with Crippen molar-refractivity contribution >= 4 is 12.0 Å². The van der Waals surface area contributed by atoms with Crippen LogP contribution in [0.5, 0.6) is 5.75 Å². The predicted octanol–water partition coefficient (Wildman–Crippen LogP) is 2.25. The second-order valence-corrected chi connectivity index (χ2v) is 3.21. The average molecular weight is 236 g/mol. The van der Waals surface area contributed by atoms with Gasteiger partial charge in [-0.05, 0) is 30.7 Å². The third-order valence-electron chi connectivity index (χ3n) is 2.11. The van der Waals surface area contributed by atoms with Crippen LogP contribution in [0.4, 0.5) is 0 Å². The van der Waals surface area contributed by atoms with Gasteiger partial charge in [0.05, 0.1) is 20.8 Å². The first kappa shape index (κ1) is 13.1. The second-order valence-electron chi connectivity index (χ2n) is 3.21. The molecule has 0 aliphatic rings. The molecule has 0 spiro atoms. The predicted molar refractivity (Wildman–Crippen MR) is 64.6 cm³/mol. The van der Waals surface area contributed by atoms with Crippen LogP contribution in [0.15, 0.2) is 30.0 Å². The van der Waals surface area contributed by atoms with Crippen molar-refractivity contribution < 1.29 is 19.0 Å². The van der Waals surface area contributed by atoms with E-state index in [1.807, 2.05) is 24.3 Å². The number of benzene rings is 1. The molecule has 92 valence electrons. The van der Waals surface area contributed by atoms with Crippen LogP contribution in [0.3, 0.4) is 0 Å². The van der Waals surface area contributed by atoms with Gasteiger partial charge >= 0.3 is 5.97 Å². The monoisotopic (exact) mass is 236 g/mol. The highest BCUT2D eigenvalue weighted by molar-refractivity contribution is 5.91. The van der Waals surface area contributed by atoms with Gasteiger partial charge < -0.3 is 14.2 Å². The van der Waals surface area contributed by atoms with Crippen molar-refractivity contribution in [3.05, 3.63) is 35.6 Å². The molecule has 0 radical (unpaired) electrons. The minimum atomic E-state index is -0.467. The van der Waals surface area contributed by atoms with E-state index in [0.29, 0.717) is 6.61 Å². The Labute approximate surface area is 101 Å². The van der Waals surface area contributed by atoms with Crippen LogP contribution >= 0.6 is 0 Å². The maximum absolute atomic E-state index is 11.5. The standard InChI is InChI=1S/C13H16O4/c1-4-17-13(14)12(16-3)9-10-5-7-11(15-2)8-6-10/h5-9H,4H2,1-3H3. The lowest BCUT2D eigenvalue weighted by Gasteiger charge is -2.05. The largest absolute Gasteiger partial charge is 0.497 e. The first-order valence-corrected chi connectivity index (χ1v) is 5.28. The Morgan fingerprint density at radius 3 is 2.35 bits per heavy atom. The summed E-state index contributed by atoms with van der Waals surface area (Å²) < 4.78 is 14.9. The quantitative estimate of drug-likeness (QED) is 0.447. The highest BCUT2D eigenvalue weighted by Crippen LogP contribution is 2.14. The van der Waals surface area contributed by atoms with E-state index in [-0.39, 0.29) is 5.76 Å². The Kier molecular flexibility index (Phi) is 5.07. The van der Waals surface area contributed by atoms with Gasteiger partial charge in [-0.1, -0.05) is 12.1 Å². The number of ether oxygens (including phenoxy) is 3. The minimum Gasteiger partial charge on any atom is -0.497 e. The number of hydrogen-bond acceptors (Lipinski definition) is 4. The lowest BCUT2D eigenvalue weighted by atomic mass is 10.2. The van der Waals surface area contributed by atoms with Crippen LogP contribution < -0.4 is 4.74 Å². The number of esters is 1. The molecule has 0 aliphatic carbocycles. The maximum atomic E-state index is 11.5. The third-order valence-corrected chi connectivity index (χ3v) is 2.11. The molecule has 0 fully saturated rings. The summed E-state index contributed by atoms with van der Waals surface area (Å²) in [6.07, 6.45) is 1.62. The van der Waals surface area contributed by atoms with Crippen molar-refractivity contribution in [2.45, 2.75) is 6.92 Å². The van der Waals surface area contributed by atoms with E-state index < -0.39 is 5.97 Å². The van der Waals surface area contributed by atoms with E-state index >= 15 is 0 Å². The highest BCUT2D eigenvalue weighted by Gasteiger charge is 2.10. The van der Waals surface area contributed by atoms with Crippen LogP contribution in [0, 0.1) is 0 Å². The maximum Gasteiger partial charge on any atom is 0.373 e. The summed E-state index contributed by atoms with van der Waals surface area (Å²) in [5, 5.41) is 0. The molecule has 1 aromatic carbocycles. The smallest absolute Gasteiger partial charge is 0.373 e. The first-order valence-electron chi connectivity index (χ1n) is 5.28. The topological polar surface area (TPSA) is 44.8 Å². The van der Waals surface area contributed by atoms with Crippen LogP contribution in [-0.4, -0.2) is 26.8 Å². The van der Waals surface area contributed by atoms with Crippen molar-refractivity contribution in [3.8, 4) is 5.75 Å². The Morgan fingerprint density at radius 2 is 1.88 bits per heavy atom. The summed E-state index contributed by atoms with van der Waals surface area (Å²) in [7, 11) is 3.04. The minimum absolute atomic E-state index is 0.178. The molecule has 0 N–H and O–H groups in total. The Bertz CT molecular complexity index is 392. The molecule has 1 rings (SSSR count). The lowest BCUT2D eigenvalue weighted by Crippen LogP contribution is -2.08. The summed E-state index contributed by atoms with van der Waals surface area (Å²) in [4.78, 5) is 11.5. The fraction of sp³-hybridized carbons (Fsp3) is 0.308. The number of methoxy groups -OCH3 is 2. The molecule has 0 saturated carbocycles. The van der Waals surface area contributed by atoms with Crippen molar-refractivity contribution in [2.75, 3.05) is 20.8 Å². The molecular weight excluding hydrogens is 220 g/mol. The van der Waals surface area contributed by atoms with Gasteiger partial charge in [0.15, 0.2) is 0 Å².